The van der Waals surface area contributed by atoms with E-state index in [0.29, 0.717) is 15.6 Å². The Morgan fingerprint density at radius 1 is 1.10 bits per heavy atom. The Kier molecular flexibility index (Phi) is 8.51. The van der Waals surface area contributed by atoms with Crippen molar-refractivity contribution in [3.63, 3.8) is 0 Å². The first-order valence-corrected chi connectivity index (χ1v) is 7.15. The molecule has 0 spiro atoms. The highest BCUT2D eigenvalue weighted by Gasteiger charge is 2.26. The van der Waals surface area contributed by atoms with E-state index in [1.807, 2.05) is 0 Å². The van der Waals surface area contributed by atoms with Crippen LogP contribution in [0.1, 0.15) is 5.56 Å². The second-order valence-corrected chi connectivity index (χ2v) is 5.32. The second kappa shape index (κ2) is 9.58. The topological polar surface area (TPSA) is 68.2 Å². The normalized spacial score (nSPS) is 15.7. The summed E-state index contributed by atoms with van der Waals surface area (Å²) in [6, 6.07) is 5.15. The fourth-order valence-corrected chi connectivity index (χ4v) is 2.28. The first-order chi connectivity index (χ1) is 10.0. The number of hydrogen-bond donors (Lipinski definition) is 2. The summed E-state index contributed by atoms with van der Waals surface area (Å²) in [5.74, 6) is 0. The van der Waals surface area contributed by atoms with Gasteiger partial charge in [-0.05, 0) is 12.1 Å². The molecule has 1 aromatic carbocycles. The zero-order valence-corrected chi connectivity index (χ0v) is 13.5. The molecule has 120 valence electrons. The van der Waals surface area contributed by atoms with Gasteiger partial charge in [0.15, 0.2) is 0 Å². The van der Waals surface area contributed by atoms with Crippen LogP contribution in [0.3, 0.4) is 0 Å². The Labute approximate surface area is 134 Å². The van der Waals surface area contributed by atoms with Crippen molar-refractivity contribution < 1.29 is 24.4 Å². The molecule has 0 fully saturated rings. The predicted molar refractivity (Wildman–Crippen MR) is 80.8 cm³/mol. The number of aliphatic hydroxyl groups excluding tert-OH is 2. The molecule has 0 saturated heterocycles. The highest BCUT2D eigenvalue weighted by Crippen LogP contribution is 2.24. The highest BCUT2D eigenvalue weighted by molar-refractivity contribution is 6.35. The number of ether oxygens (including phenoxy) is 3. The van der Waals surface area contributed by atoms with Crippen molar-refractivity contribution >= 4 is 23.2 Å². The van der Waals surface area contributed by atoms with Crippen LogP contribution in [-0.2, 0) is 20.8 Å². The van der Waals surface area contributed by atoms with Gasteiger partial charge in [-0.1, -0.05) is 29.3 Å². The Morgan fingerprint density at radius 3 is 2.24 bits per heavy atom. The third-order valence-corrected chi connectivity index (χ3v) is 3.71. The van der Waals surface area contributed by atoms with Crippen molar-refractivity contribution in [1.29, 1.82) is 0 Å². The largest absolute Gasteiger partial charge is 0.388 e. The van der Waals surface area contributed by atoms with E-state index in [1.54, 1.807) is 18.2 Å². The molecular weight excluding hydrogens is 319 g/mol. The number of methoxy groups -OCH3 is 2. The van der Waals surface area contributed by atoms with E-state index in [4.69, 9.17) is 37.4 Å². The van der Waals surface area contributed by atoms with Crippen LogP contribution in [0, 0.1) is 0 Å². The maximum Gasteiger partial charge on any atom is 0.110 e. The van der Waals surface area contributed by atoms with Crippen LogP contribution in [0.25, 0.3) is 0 Å². The van der Waals surface area contributed by atoms with E-state index in [1.165, 1.54) is 14.2 Å². The molecule has 2 N–H and O–H groups in total. The molecule has 5 nitrogen and oxygen atoms in total. The highest BCUT2D eigenvalue weighted by atomic mass is 35.5. The second-order valence-electron chi connectivity index (χ2n) is 4.50. The molecule has 0 radical (unpaired) electrons. The molecule has 3 atom stereocenters. The van der Waals surface area contributed by atoms with Crippen LogP contribution in [0.5, 0.6) is 0 Å². The average Bonchev–Trinajstić information content (AvgIpc) is 2.46. The molecule has 7 heteroatoms. The van der Waals surface area contributed by atoms with E-state index >= 15 is 0 Å². The monoisotopic (exact) mass is 338 g/mol. The Bertz CT molecular complexity index is 410. The zero-order valence-electron chi connectivity index (χ0n) is 12.0. The van der Waals surface area contributed by atoms with Crippen LogP contribution in [0.2, 0.25) is 10.0 Å². The van der Waals surface area contributed by atoms with Crippen molar-refractivity contribution in [3.05, 3.63) is 33.8 Å². The van der Waals surface area contributed by atoms with Gasteiger partial charge in [0.2, 0.25) is 0 Å². The molecule has 0 unspecified atom stereocenters. The van der Waals surface area contributed by atoms with Crippen molar-refractivity contribution in [1.82, 2.24) is 0 Å². The van der Waals surface area contributed by atoms with Crippen LogP contribution in [-0.4, -0.2) is 56.0 Å². The standard InChI is InChI=1S/C14H20Cl2O5/c1-19-8-13(20-2)14(18)12(17)7-21-6-9-10(15)4-3-5-11(9)16/h3-5,12-14,17-18H,6-8H2,1-2H3/t12-,13+,14+/m1/s1. The number of rotatable bonds is 9. The van der Waals surface area contributed by atoms with E-state index < -0.39 is 18.3 Å². The van der Waals surface area contributed by atoms with E-state index in [0.717, 1.165) is 0 Å². The maximum atomic E-state index is 9.93. The lowest BCUT2D eigenvalue weighted by molar-refractivity contribution is -0.117. The summed E-state index contributed by atoms with van der Waals surface area (Å²) in [5, 5.41) is 20.8. The lowest BCUT2D eigenvalue weighted by Crippen LogP contribution is -2.43. The number of benzene rings is 1. The van der Waals surface area contributed by atoms with E-state index in [9.17, 15) is 10.2 Å². The minimum absolute atomic E-state index is 0.0771. The Hall–Kier alpha value is -0.400. The van der Waals surface area contributed by atoms with E-state index in [-0.39, 0.29) is 19.8 Å². The van der Waals surface area contributed by atoms with Crippen molar-refractivity contribution in [2.75, 3.05) is 27.4 Å². The van der Waals surface area contributed by atoms with E-state index in [2.05, 4.69) is 0 Å². The number of hydrogen-bond acceptors (Lipinski definition) is 5. The molecule has 0 aliphatic rings. The smallest absolute Gasteiger partial charge is 0.110 e. The molecule has 21 heavy (non-hydrogen) atoms. The van der Waals surface area contributed by atoms with Gasteiger partial charge >= 0.3 is 0 Å². The molecule has 0 bridgehead atoms. The predicted octanol–water partition coefficient (Wildman–Crippen LogP) is 1.89. The molecular formula is C14H20Cl2O5. The van der Waals surface area contributed by atoms with Crippen LogP contribution < -0.4 is 0 Å². The summed E-state index contributed by atoms with van der Waals surface area (Å²) in [5.41, 5.74) is 0.641. The molecule has 1 rings (SSSR count). The van der Waals surface area contributed by atoms with Crippen molar-refractivity contribution in [2.45, 2.75) is 24.9 Å². The summed E-state index contributed by atoms with van der Waals surface area (Å²) < 4.78 is 15.3. The quantitative estimate of drug-likeness (QED) is 0.719. The molecule has 0 saturated carbocycles. The Morgan fingerprint density at radius 2 is 1.71 bits per heavy atom. The Balaban J connectivity index is 2.47. The molecule has 0 aromatic heterocycles. The molecule has 0 aliphatic carbocycles. The van der Waals surface area contributed by atoms with Gasteiger partial charge in [0.1, 0.15) is 18.3 Å². The van der Waals surface area contributed by atoms with Gasteiger partial charge in [0, 0.05) is 29.8 Å². The summed E-state index contributed by atoms with van der Waals surface area (Å²) in [6.07, 6.45) is -2.85. The minimum Gasteiger partial charge on any atom is -0.388 e. The first kappa shape index (κ1) is 18.6. The summed E-state index contributed by atoms with van der Waals surface area (Å²) >= 11 is 12.0. The van der Waals surface area contributed by atoms with Gasteiger partial charge in [-0.25, -0.2) is 0 Å². The van der Waals surface area contributed by atoms with Gasteiger partial charge in [-0.3, -0.25) is 0 Å². The lowest BCUT2D eigenvalue weighted by atomic mass is 10.1. The minimum atomic E-state index is -1.11. The molecule has 0 aliphatic heterocycles. The SMILES string of the molecule is COC[C@H](OC)[C@@H](O)[C@H](O)COCc1c(Cl)cccc1Cl. The fourth-order valence-electron chi connectivity index (χ4n) is 1.77. The molecule has 0 amide bonds. The summed E-state index contributed by atoms with van der Waals surface area (Å²) in [4.78, 5) is 0. The number of aliphatic hydroxyl groups is 2. The first-order valence-electron chi connectivity index (χ1n) is 6.39. The van der Waals surface area contributed by atoms with Crippen LogP contribution in [0.15, 0.2) is 18.2 Å². The maximum absolute atomic E-state index is 9.93. The van der Waals surface area contributed by atoms with Gasteiger partial charge in [0.05, 0.1) is 19.8 Å². The third kappa shape index (κ3) is 5.71. The summed E-state index contributed by atoms with van der Waals surface area (Å²) in [7, 11) is 2.92. The lowest BCUT2D eigenvalue weighted by Gasteiger charge is -2.25. The molecule has 0 heterocycles. The molecule has 1 aromatic rings. The van der Waals surface area contributed by atoms with Crippen molar-refractivity contribution in [2.24, 2.45) is 0 Å². The summed E-state index contributed by atoms with van der Waals surface area (Å²) in [6.45, 7) is 0.238. The van der Waals surface area contributed by atoms with Crippen LogP contribution >= 0.6 is 23.2 Å². The van der Waals surface area contributed by atoms with Crippen molar-refractivity contribution in [3.8, 4) is 0 Å². The zero-order chi connectivity index (χ0) is 15.8. The van der Waals surface area contributed by atoms with Gasteiger partial charge in [-0.15, -0.1) is 0 Å². The van der Waals surface area contributed by atoms with Gasteiger partial charge in [0.25, 0.3) is 0 Å². The van der Waals surface area contributed by atoms with Crippen LogP contribution in [0.4, 0.5) is 0 Å². The third-order valence-electron chi connectivity index (χ3n) is 3.01. The van der Waals surface area contributed by atoms with Gasteiger partial charge in [-0.2, -0.15) is 0 Å². The van der Waals surface area contributed by atoms with Gasteiger partial charge < -0.3 is 24.4 Å². The average molecular weight is 339 g/mol. The number of halogens is 2. The fraction of sp³-hybridized carbons (Fsp3) is 0.571.